The maximum atomic E-state index is 12.3. The number of amides is 1. The number of carbonyl (C=O) groups excluding carboxylic acids is 1. The Morgan fingerprint density at radius 3 is 2.61 bits per heavy atom. The van der Waals surface area contributed by atoms with E-state index in [0.717, 1.165) is 17.5 Å². The molecule has 0 saturated carbocycles. The van der Waals surface area contributed by atoms with Gasteiger partial charge in [-0.2, -0.15) is 0 Å². The van der Waals surface area contributed by atoms with Crippen molar-refractivity contribution in [3.05, 3.63) is 35.4 Å². The minimum Gasteiger partial charge on any atom is -0.343 e. The van der Waals surface area contributed by atoms with Crippen LogP contribution in [0.2, 0.25) is 0 Å². The van der Waals surface area contributed by atoms with Crippen LogP contribution in [0.25, 0.3) is 0 Å². The van der Waals surface area contributed by atoms with Gasteiger partial charge in [-0.15, -0.1) is 0 Å². The van der Waals surface area contributed by atoms with E-state index < -0.39 is 10.0 Å². The number of carbonyl (C=O) groups is 1. The Hall–Kier alpha value is -1.40. The highest BCUT2D eigenvalue weighted by Crippen LogP contribution is 2.15. The van der Waals surface area contributed by atoms with Crippen molar-refractivity contribution in [3.63, 3.8) is 0 Å². The number of hydrogen-bond acceptors (Lipinski definition) is 3. The van der Waals surface area contributed by atoms with Crippen LogP contribution in [0.15, 0.2) is 24.3 Å². The molecule has 6 heteroatoms. The van der Waals surface area contributed by atoms with Crippen LogP contribution in [-0.2, 0) is 20.6 Å². The van der Waals surface area contributed by atoms with Crippen molar-refractivity contribution in [2.75, 3.05) is 13.1 Å². The molecule has 1 aliphatic rings. The third kappa shape index (κ3) is 5.62. The number of likely N-dealkylation sites (tertiary alicyclic amines) is 1. The lowest BCUT2D eigenvalue weighted by Crippen LogP contribution is -2.46. The van der Waals surface area contributed by atoms with E-state index in [2.05, 4.69) is 4.72 Å². The minimum absolute atomic E-state index is 0.00363. The Bertz CT molecular complexity index is 635. The Morgan fingerprint density at radius 2 is 2.00 bits per heavy atom. The molecular formula is C17H26N2O3S. The van der Waals surface area contributed by atoms with Gasteiger partial charge in [0.1, 0.15) is 0 Å². The summed E-state index contributed by atoms with van der Waals surface area (Å²) in [6.07, 6.45) is 2.79. The van der Waals surface area contributed by atoms with E-state index in [4.69, 9.17) is 0 Å². The van der Waals surface area contributed by atoms with Crippen molar-refractivity contribution < 1.29 is 13.2 Å². The molecular weight excluding hydrogens is 312 g/mol. The van der Waals surface area contributed by atoms with Crippen molar-refractivity contribution in [1.29, 1.82) is 0 Å². The quantitative estimate of drug-likeness (QED) is 0.865. The molecule has 0 aliphatic carbocycles. The summed E-state index contributed by atoms with van der Waals surface area (Å²) in [5.41, 5.74) is 1.86. The maximum absolute atomic E-state index is 12.3. The van der Waals surface area contributed by atoms with Gasteiger partial charge in [-0.1, -0.05) is 36.8 Å². The summed E-state index contributed by atoms with van der Waals surface area (Å²) in [6, 6.07) is 7.48. The van der Waals surface area contributed by atoms with Crippen LogP contribution >= 0.6 is 0 Å². The molecule has 1 N–H and O–H groups in total. The van der Waals surface area contributed by atoms with Crippen molar-refractivity contribution in [2.24, 2.45) is 0 Å². The van der Waals surface area contributed by atoms with Gasteiger partial charge in [0.2, 0.25) is 15.9 Å². The van der Waals surface area contributed by atoms with E-state index in [1.807, 2.05) is 43.0 Å². The number of piperidine rings is 1. The highest BCUT2D eigenvalue weighted by atomic mass is 32.2. The predicted octanol–water partition coefficient (Wildman–Crippen LogP) is 2.21. The fourth-order valence-electron chi connectivity index (χ4n) is 2.94. The zero-order valence-electron chi connectivity index (χ0n) is 13.9. The molecule has 1 heterocycles. The molecule has 2 rings (SSSR count). The largest absolute Gasteiger partial charge is 0.343 e. The molecule has 23 heavy (non-hydrogen) atoms. The van der Waals surface area contributed by atoms with Crippen LogP contribution in [0.4, 0.5) is 0 Å². The molecule has 0 spiro atoms. The number of aryl methyl sites for hydroxylation is 1. The van der Waals surface area contributed by atoms with Gasteiger partial charge in [0.15, 0.2) is 0 Å². The summed E-state index contributed by atoms with van der Waals surface area (Å²) in [4.78, 5) is 13.7. The first-order valence-corrected chi connectivity index (χ1v) is 9.88. The Kier molecular flexibility index (Phi) is 6.18. The molecule has 0 bridgehead atoms. The normalized spacial score (nSPS) is 16.5. The minimum atomic E-state index is -3.35. The number of nitrogens with one attached hydrogen (secondary N) is 1. The summed E-state index contributed by atoms with van der Waals surface area (Å²) < 4.78 is 27.4. The first-order valence-electron chi connectivity index (χ1n) is 8.23. The Labute approximate surface area is 139 Å². The second kappa shape index (κ2) is 7.93. The van der Waals surface area contributed by atoms with Gasteiger partial charge in [-0.3, -0.25) is 4.79 Å². The smallest absolute Gasteiger partial charge is 0.222 e. The average Bonchev–Trinajstić information content (AvgIpc) is 2.47. The molecule has 0 radical (unpaired) electrons. The fraction of sp³-hybridized carbons (Fsp3) is 0.588. The van der Waals surface area contributed by atoms with Gasteiger partial charge in [0.25, 0.3) is 0 Å². The maximum Gasteiger partial charge on any atom is 0.222 e. The standard InChI is InChI=1S/C17H26N2O3S/c1-3-5-17(20)19-10-8-16(9-11-19)18-23(21,22)13-15-7-4-6-14(2)12-15/h4,6-7,12,16,18H,3,5,8-11,13H2,1-2H3. The van der Waals surface area contributed by atoms with Crippen LogP contribution in [0.5, 0.6) is 0 Å². The number of benzene rings is 1. The summed E-state index contributed by atoms with van der Waals surface area (Å²) >= 11 is 0. The second-order valence-corrected chi connectivity index (χ2v) is 8.02. The second-order valence-electron chi connectivity index (χ2n) is 6.27. The van der Waals surface area contributed by atoms with Crippen LogP contribution < -0.4 is 4.72 Å². The van der Waals surface area contributed by atoms with Gasteiger partial charge in [0.05, 0.1) is 5.75 Å². The van der Waals surface area contributed by atoms with E-state index in [1.165, 1.54) is 0 Å². The van der Waals surface area contributed by atoms with Crippen molar-refractivity contribution in [2.45, 2.75) is 51.3 Å². The lowest BCUT2D eigenvalue weighted by atomic mass is 10.1. The summed E-state index contributed by atoms with van der Waals surface area (Å²) in [5.74, 6) is 0.178. The first-order chi connectivity index (χ1) is 10.9. The highest BCUT2D eigenvalue weighted by molar-refractivity contribution is 7.88. The van der Waals surface area contributed by atoms with Gasteiger partial charge in [-0.05, 0) is 31.7 Å². The zero-order valence-corrected chi connectivity index (χ0v) is 14.7. The third-order valence-electron chi connectivity index (χ3n) is 4.10. The summed E-state index contributed by atoms with van der Waals surface area (Å²) in [5, 5.41) is 0. The molecule has 128 valence electrons. The number of sulfonamides is 1. The fourth-order valence-corrected chi connectivity index (χ4v) is 4.38. The summed E-state index contributed by atoms with van der Waals surface area (Å²) in [7, 11) is -3.35. The highest BCUT2D eigenvalue weighted by Gasteiger charge is 2.25. The van der Waals surface area contributed by atoms with E-state index in [0.29, 0.717) is 32.4 Å². The Balaban J connectivity index is 1.86. The molecule has 1 aliphatic heterocycles. The van der Waals surface area contributed by atoms with Gasteiger partial charge in [-0.25, -0.2) is 13.1 Å². The number of nitrogens with zero attached hydrogens (tertiary/aromatic N) is 1. The molecule has 1 saturated heterocycles. The molecule has 1 fully saturated rings. The van der Waals surface area contributed by atoms with Crippen LogP contribution in [0.3, 0.4) is 0 Å². The van der Waals surface area contributed by atoms with Crippen LogP contribution in [0.1, 0.15) is 43.7 Å². The lowest BCUT2D eigenvalue weighted by molar-refractivity contribution is -0.132. The Morgan fingerprint density at radius 1 is 1.30 bits per heavy atom. The van der Waals surface area contributed by atoms with Gasteiger partial charge < -0.3 is 4.90 Å². The van der Waals surface area contributed by atoms with Crippen molar-refractivity contribution in [3.8, 4) is 0 Å². The topological polar surface area (TPSA) is 66.5 Å². The number of hydrogen-bond donors (Lipinski definition) is 1. The van der Waals surface area contributed by atoms with E-state index in [1.54, 1.807) is 0 Å². The van der Waals surface area contributed by atoms with Crippen molar-refractivity contribution >= 4 is 15.9 Å². The first kappa shape index (κ1) is 17.9. The molecule has 1 amide bonds. The molecule has 5 nitrogen and oxygen atoms in total. The molecule has 0 aromatic heterocycles. The van der Waals surface area contributed by atoms with E-state index in [9.17, 15) is 13.2 Å². The predicted molar refractivity (Wildman–Crippen MR) is 91.4 cm³/mol. The number of rotatable bonds is 6. The van der Waals surface area contributed by atoms with E-state index >= 15 is 0 Å². The molecule has 0 atom stereocenters. The molecule has 1 aromatic carbocycles. The average molecular weight is 338 g/mol. The van der Waals surface area contributed by atoms with Crippen molar-refractivity contribution in [1.82, 2.24) is 9.62 Å². The van der Waals surface area contributed by atoms with Gasteiger partial charge in [0, 0.05) is 25.6 Å². The molecule has 1 aromatic rings. The molecule has 0 unspecified atom stereocenters. The SMILES string of the molecule is CCCC(=O)N1CCC(NS(=O)(=O)Cc2cccc(C)c2)CC1. The monoisotopic (exact) mass is 338 g/mol. The van der Waals surface area contributed by atoms with Gasteiger partial charge >= 0.3 is 0 Å². The van der Waals surface area contributed by atoms with Crippen LogP contribution in [-0.4, -0.2) is 38.4 Å². The van der Waals surface area contributed by atoms with Crippen LogP contribution in [0, 0.1) is 6.92 Å². The lowest BCUT2D eigenvalue weighted by Gasteiger charge is -2.32. The summed E-state index contributed by atoms with van der Waals surface area (Å²) in [6.45, 7) is 5.21. The van der Waals surface area contributed by atoms with E-state index in [-0.39, 0.29) is 17.7 Å². The third-order valence-corrected chi connectivity index (χ3v) is 5.50. The zero-order chi connectivity index (χ0) is 16.9.